The van der Waals surface area contributed by atoms with Gasteiger partial charge in [-0.25, -0.2) is 8.42 Å². The molecule has 10 heteroatoms. The first-order chi connectivity index (χ1) is 12.3. The number of carbonyl (C=O) groups excluding carboxylic acids is 1. The second-order valence-corrected chi connectivity index (χ2v) is 10.6. The van der Waals surface area contributed by atoms with Crippen LogP contribution in [0.2, 0.25) is 4.34 Å². The summed E-state index contributed by atoms with van der Waals surface area (Å²) in [4.78, 5) is 14.1. The van der Waals surface area contributed by atoms with E-state index in [-0.39, 0.29) is 16.7 Å². The summed E-state index contributed by atoms with van der Waals surface area (Å²) in [6, 6.07) is 10.5. The third kappa shape index (κ3) is 4.85. The first-order valence-electron chi connectivity index (χ1n) is 7.88. The molecule has 2 heterocycles. The number of amides is 1. The van der Waals surface area contributed by atoms with Crippen molar-refractivity contribution < 1.29 is 13.2 Å². The molecule has 0 aliphatic carbocycles. The van der Waals surface area contributed by atoms with Crippen LogP contribution in [0.4, 0.5) is 5.69 Å². The molecule has 1 aliphatic heterocycles. The minimum Gasteiger partial charge on any atom is -0.325 e. The number of sulfonamides is 1. The molecule has 1 fully saturated rings. The fourth-order valence-corrected chi connectivity index (χ4v) is 5.95. The smallest absolute Gasteiger partial charge is 0.252 e. The van der Waals surface area contributed by atoms with Crippen LogP contribution in [-0.2, 0) is 14.8 Å². The fourth-order valence-electron chi connectivity index (χ4n) is 2.63. The summed E-state index contributed by atoms with van der Waals surface area (Å²) >= 11 is 10.2. The van der Waals surface area contributed by atoms with Crippen LogP contribution in [0.1, 0.15) is 0 Å². The number of nitrogens with zero attached hydrogens (tertiary/aromatic N) is 2. The van der Waals surface area contributed by atoms with Crippen molar-refractivity contribution >= 4 is 60.5 Å². The first kappa shape index (κ1) is 19.8. The van der Waals surface area contributed by atoms with Crippen molar-refractivity contribution in [1.82, 2.24) is 9.21 Å². The molecule has 1 aromatic heterocycles. The van der Waals surface area contributed by atoms with Gasteiger partial charge in [0.15, 0.2) is 0 Å². The zero-order valence-corrected chi connectivity index (χ0v) is 17.7. The third-order valence-corrected chi connectivity index (χ3v) is 8.10. The van der Waals surface area contributed by atoms with E-state index in [9.17, 15) is 13.2 Å². The Morgan fingerprint density at radius 2 is 1.77 bits per heavy atom. The average Bonchev–Trinajstić information content (AvgIpc) is 3.05. The second-order valence-electron chi connectivity index (χ2n) is 5.79. The summed E-state index contributed by atoms with van der Waals surface area (Å²) in [5.41, 5.74) is 0.731. The highest BCUT2D eigenvalue weighted by molar-refractivity contribution is 9.10. The van der Waals surface area contributed by atoms with Crippen molar-refractivity contribution in [2.45, 2.75) is 4.21 Å². The van der Waals surface area contributed by atoms with Crippen molar-refractivity contribution in [3.63, 3.8) is 0 Å². The molecule has 1 amide bonds. The Kier molecular flexibility index (Phi) is 6.37. The molecule has 3 rings (SSSR count). The van der Waals surface area contributed by atoms with Crippen molar-refractivity contribution in [3.8, 4) is 0 Å². The lowest BCUT2D eigenvalue weighted by Gasteiger charge is -2.33. The summed E-state index contributed by atoms with van der Waals surface area (Å²) < 4.78 is 28.2. The van der Waals surface area contributed by atoms with Gasteiger partial charge in [-0.15, -0.1) is 11.3 Å². The highest BCUT2D eigenvalue weighted by atomic mass is 79.9. The number of carbonyl (C=O) groups is 1. The van der Waals surface area contributed by atoms with E-state index in [0.717, 1.165) is 21.5 Å². The van der Waals surface area contributed by atoms with Crippen LogP contribution < -0.4 is 5.32 Å². The molecule has 0 radical (unpaired) electrons. The van der Waals surface area contributed by atoms with Gasteiger partial charge in [-0.1, -0.05) is 27.5 Å². The average molecular weight is 479 g/mol. The largest absolute Gasteiger partial charge is 0.325 e. The van der Waals surface area contributed by atoms with Gasteiger partial charge in [0.25, 0.3) is 10.0 Å². The van der Waals surface area contributed by atoms with Crippen LogP contribution in [0.5, 0.6) is 0 Å². The number of hydrogen-bond acceptors (Lipinski definition) is 5. The van der Waals surface area contributed by atoms with E-state index in [4.69, 9.17) is 11.6 Å². The molecule has 140 valence electrons. The molecular weight excluding hydrogens is 462 g/mol. The van der Waals surface area contributed by atoms with Gasteiger partial charge in [-0.3, -0.25) is 9.69 Å². The van der Waals surface area contributed by atoms with E-state index < -0.39 is 10.0 Å². The van der Waals surface area contributed by atoms with Crippen LogP contribution in [-0.4, -0.2) is 56.3 Å². The molecule has 0 unspecified atom stereocenters. The van der Waals surface area contributed by atoms with Crippen LogP contribution in [0.25, 0.3) is 0 Å². The SMILES string of the molecule is O=C(CN1CCN(S(=O)(=O)c2ccc(Cl)s2)CC1)Nc1ccc(Br)cc1. The maximum atomic E-state index is 12.6. The lowest BCUT2D eigenvalue weighted by molar-refractivity contribution is -0.117. The molecule has 1 saturated heterocycles. The van der Waals surface area contributed by atoms with Gasteiger partial charge in [0.2, 0.25) is 5.91 Å². The number of nitrogens with one attached hydrogen (secondary N) is 1. The van der Waals surface area contributed by atoms with E-state index in [1.807, 2.05) is 29.2 Å². The Balaban J connectivity index is 1.52. The van der Waals surface area contributed by atoms with Gasteiger partial charge in [0.1, 0.15) is 4.21 Å². The maximum Gasteiger partial charge on any atom is 0.252 e. The van der Waals surface area contributed by atoms with E-state index in [0.29, 0.717) is 30.5 Å². The minimum atomic E-state index is -3.51. The first-order valence-corrected chi connectivity index (χ1v) is 11.3. The Morgan fingerprint density at radius 3 is 2.35 bits per heavy atom. The summed E-state index contributed by atoms with van der Waals surface area (Å²) in [6.45, 7) is 1.94. The minimum absolute atomic E-state index is 0.117. The predicted molar refractivity (Wildman–Crippen MR) is 107 cm³/mol. The molecule has 1 aliphatic rings. The van der Waals surface area contributed by atoms with Gasteiger partial charge in [-0.05, 0) is 36.4 Å². The summed E-state index contributed by atoms with van der Waals surface area (Å²) in [6.07, 6.45) is 0. The number of rotatable bonds is 5. The second kappa shape index (κ2) is 8.37. The maximum absolute atomic E-state index is 12.6. The van der Waals surface area contributed by atoms with Gasteiger partial charge in [0, 0.05) is 36.3 Å². The number of thiophene rings is 1. The van der Waals surface area contributed by atoms with Gasteiger partial charge in [-0.2, -0.15) is 4.31 Å². The van der Waals surface area contributed by atoms with Crippen molar-refractivity contribution in [2.24, 2.45) is 0 Å². The molecule has 26 heavy (non-hydrogen) atoms. The van der Waals surface area contributed by atoms with Crippen LogP contribution in [0.15, 0.2) is 45.1 Å². The van der Waals surface area contributed by atoms with Crippen molar-refractivity contribution in [3.05, 3.63) is 45.2 Å². The summed E-state index contributed by atoms with van der Waals surface area (Å²) in [7, 11) is -3.51. The summed E-state index contributed by atoms with van der Waals surface area (Å²) in [5.74, 6) is -0.117. The molecule has 0 saturated carbocycles. The zero-order chi connectivity index (χ0) is 18.7. The molecule has 0 spiro atoms. The van der Waals surface area contributed by atoms with Crippen molar-refractivity contribution in [1.29, 1.82) is 0 Å². The van der Waals surface area contributed by atoms with Gasteiger partial charge < -0.3 is 5.32 Å². The topological polar surface area (TPSA) is 69.7 Å². The van der Waals surface area contributed by atoms with Crippen LogP contribution in [0.3, 0.4) is 0 Å². The standard InChI is InChI=1S/C16H17BrClN3O3S2/c17-12-1-3-13(4-2-12)19-15(22)11-20-7-9-21(10-8-20)26(23,24)16-6-5-14(18)25-16/h1-6H,7-11H2,(H,19,22). The summed E-state index contributed by atoms with van der Waals surface area (Å²) in [5, 5.41) is 2.84. The quantitative estimate of drug-likeness (QED) is 0.717. The molecule has 0 bridgehead atoms. The number of halogens is 2. The number of piperazine rings is 1. The Morgan fingerprint density at radius 1 is 1.12 bits per heavy atom. The van der Waals surface area contributed by atoms with E-state index in [1.165, 1.54) is 10.4 Å². The molecule has 1 aromatic carbocycles. The van der Waals surface area contributed by atoms with E-state index >= 15 is 0 Å². The highest BCUT2D eigenvalue weighted by Gasteiger charge is 2.30. The monoisotopic (exact) mass is 477 g/mol. The Labute approximate surface area is 169 Å². The lowest BCUT2D eigenvalue weighted by atomic mass is 10.3. The van der Waals surface area contributed by atoms with Crippen LogP contribution >= 0.6 is 38.9 Å². The normalized spacial score (nSPS) is 16.5. The third-order valence-electron chi connectivity index (χ3n) is 3.97. The highest BCUT2D eigenvalue weighted by Crippen LogP contribution is 2.28. The Hall–Kier alpha value is -0.970. The molecular formula is C16H17BrClN3O3S2. The molecule has 6 nitrogen and oxygen atoms in total. The Bertz CT molecular complexity index is 878. The van der Waals surface area contributed by atoms with Gasteiger partial charge in [0.05, 0.1) is 10.9 Å². The van der Waals surface area contributed by atoms with E-state index in [2.05, 4.69) is 21.2 Å². The fraction of sp³-hybridized carbons (Fsp3) is 0.312. The number of benzene rings is 1. The van der Waals surface area contributed by atoms with Crippen LogP contribution in [0, 0.1) is 0 Å². The van der Waals surface area contributed by atoms with Gasteiger partial charge >= 0.3 is 0 Å². The predicted octanol–water partition coefficient (Wildman–Crippen LogP) is 3.11. The van der Waals surface area contributed by atoms with E-state index in [1.54, 1.807) is 6.07 Å². The number of anilines is 1. The number of hydrogen-bond donors (Lipinski definition) is 1. The molecule has 2 aromatic rings. The van der Waals surface area contributed by atoms with Crippen molar-refractivity contribution in [2.75, 3.05) is 38.0 Å². The lowest BCUT2D eigenvalue weighted by Crippen LogP contribution is -2.50. The zero-order valence-electron chi connectivity index (χ0n) is 13.7. The molecule has 0 atom stereocenters. The molecule has 1 N–H and O–H groups in total.